The van der Waals surface area contributed by atoms with Crippen LogP contribution in [-0.2, 0) is 32.2 Å². The lowest BCUT2D eigenvalue weighted by Crippen LogP contribution is -2.44. The maximum absolute atomic E-state index is 6.31. The minimum atomic E-state index is -0.589. The van der Waals surface area contributed by atoms with Crippen LogP contribution in [-0.4, -0.2) is 35.1 Å². The Balaban J connectivity index is 1.68. The highest BCUT2D eigenvalue weighted by molar-refractivity contribution is 14.1. The summed E-state index contributed by atoms with van der Waals surface area (Å²) in [6, 6.07) is 20.4. The van der Waals surface area contributed by atoms with Crippen LogP contribution in [0.5, 0.6) is 0 Å². The van der Waals surface area contributed by atoms with E-state index in [4.69, 9.17) is 18.9 Å². The monoisotopic (exact) mass is 482 g/mol. The number of halogens is 1. The van der Waals surface area contributed by atoms with Crippen molar-refractivity contribution in [1.29, 1.82) is 0 Å². The smallest absolute Gasteiger partial charge is 0.163 e. The molecule has 0 aromatic heterocycles. The molecule has 5 heteroatoms. The van der Waals surface area contributed by atoms with Crippen molar-refractivity contribution >= 4 is 22.6 Å². The van der Waals surface area contributed by atoms with Crippen molar-refractivity contribution in [2.45, 2.75) is 51.2 Å². The van der Waals surface area contributed by atoms with E-state index < -0.39 is 5.79 Å². The van der Waals surface area contributed by atoms with Gasteiger partial charge in [0.1, 0.15) is 12.2 Å². The third kappa shape index (κ3) is 6.26. The summed E-state index contributed by atoms with van der Waals surface area (Å²) in [4.78, 5) is 0. The molecule has 0 bridgehead atoms. The van der Waals surface area contributed by atoms with Crippen molar-refractivity contribution in [1.82, 2.24) is 0 Å². The highest BCUT2D eigenvalue weighted by atomic mass is 127. The van der Waals surface area contributed by atoms with Gasteiger partial charge in [-0.25, -0.2) is 0 Å². The quantitative estimate of drug-likeness (QED) is 0.382. The maximum Gasteiger partial charge on any atom is 0.163 e. The first-order valence-electron chi connectivity index (χ1n) is 9.26. The van der Waals surface area contributed by atoms with Crippen molar-refractivity contribution in [2.24, 2.45) is 0 Å². The lowest BCUT2D eigenvalue weighted by atomic mass is 10.1. The Bertz CT molecular complexity index is 677. The molecule has 1 heterocycles. The van der Waals surface area contributed by atoms with Gasteiger partial charge < -0.3 is 18.9 Å². The molecule has 0 saturated carbocycles. The van der Waals surface area contributed by atoms with Gasteiger partial charge in [0.15, 0.2) is 5.79 Å². The highest BCUT2D eigenvalue weighted by Crippen LogP contribution is 2.29. The Morgan fingerprint density at radius 3 is 2.00 bits per heavy atom. The van der Waals surface area contributed by atoms with Gasteiger partial charge in [-0.05, 0) is 25.0 Å². The molecule has 0 spiro atoms. The Kier molecular flexibility index (Phi) is 7.66. The summed E-state index contributed by atoms with van der Waals surface area (Å²) < 4.78 is 25.2. The fourth-order valence-electron chi connectivity index (χ4n) is 3.10. The van der Waals surface area contributed by atoms with Crippen LogP contribution < -0.4 is 0 Å². The van der Waals surface area contributed by atoms with Crippen LogP contribution in [0.15, 0.2) is 60.7 Å². The summed E-state index contributed by atoms with van der Waals surface area (Å²) in [6.07, 6.45) is -0.441. The van der Waals surface area contributed by atoms with Crippen LogP contribution in [0, 0.1) is 0 Å². The summed E-state index contributed by atoms with van der Waals surface area (Å²) >= 11 is 2.36. The standard InChI is InChI=1S/C22H27IO4/c1-22(2)26-16-20(27-22)21(25-15-18-11-7-4-8-12-18)19(13-23)24-14-17-9-5-3-6-10-17/h3-12,19-21H,13-16H2,1-2H3/t19-,20-,21+/m1/s1. The molecule has 1 aliphatic heterocycles. The van der Waals surface area contributed by atoms with Crippen molar-refractivity contribution in [3.8, 4) is 0 Å². The van der Waals surface area contributed by atoms with E-state index in [1.54, 1.807) is 0 Å². The number of hydrogen-bond acceptors (Lipinski definition) is 4. The van der Waals surface area contributed by atoms with Gasteiger partial charge in [0.2, 0.25) is 0 Å². The van der Waals surface area contributed by atoms with E-state index in [1.807, 2.05) is 50.2 Å². The van der Waals surface area contributed by atoms with E-state index in [2.05, 4.69) is 46.9 Å². The van der Waals surface area contributed by atoms with Crippen LogP contribution in [0.3, 0.4) is 0 Å². The van der Waals surface area contributed by atoms with E-state index >= 15 is 0 Å². The minimum absolute atomic E-state index is 0.0861. The Labute approximate surface area is 175 Å². The molecule has 146 valence electrons. The predicted molar refractivity (Wildman–Crippen MR) is 114 cm³/mol. The second kappa shape index (κ2) is 9.98. The first-order valence-corrected chi connectivity index (χ1v) is 10.8. The van der Waals surface area contributed by atoms with Gasteiger partial charge >= 0.3 is 0 Å². The SMILES string of the molecule is CC1(C)OC[C@H]([C@@H](OCc2ccccc2)[C@@H](CI)OCc2ccccc2)O1. The molecule has 0 radical (unpaired) electrons. The molecule has 0 N–H and O–H groups in total. The molecule has 1 fully saturated rings. The van der Waals surface area contributed by atoms with E-state index in [1.165, 1.54) is 0 Å². The maximum atomic E-state index is 6.31. The predicted octanol–water partition coefficient (Wildman–Crippen LogP) is 4.74. The number of benzene rings is 2. The largest absolute Gasteiger partial charge is 0.370 e. The average molecular weight is 482 g/mol. The van der Waals surface area contributed by atoms with Crippen LogP contribution in [0.1, 0.15) is 25.0 Å². The summed E-state index contributed by atoms with van der Waals surface area (Å²) in [5.74, 6) is -0.589. The summed E-state index contributed by atoms with van der Waals surface area (Å²) in [5.41, 5.74) is 2.29. The van der Waals surface area contributed by atoms with Crippen molar-refractivity contribution < 1.29 is 18.9 Å². The number of alkyl halides is 1. The number of rotatable bonds is 9. The summed E-state index contributed by atoms with van der Waals surface area (Å²) in [7, 11) is 0. The first-order chi connectivity index (χ1) is 13.1. The topological polar surface area (TPSA) is 36.9 Å². The molecule has 3 rings (SSSR count). The second-order valence-corrected chi connectivity index (χ2v) is 8.00. The molecule has 0 unspecified atom stereocenters. The van der Waals surface area contributed by atoms with Crippen molar-refractivity contribution in [3.63, 3.8) is 0 Å². The van der Waals surface area contributed by atoms with Crippen LogP contribution in [0.2, 0.25) is 0 Å². The van der Waals surface area contributed by atoms with E-state index in [9.17, 15) is 0 Å². The Morgan fingerprint density at radius 2 is 1.52 bits per heavy atom. The molecular weight excluding hydrogens is 455 g/mol. The highest BCUT2D eigenvalue weighted by Gasteiger charge is 2.41. The lowest BCUT2D eigenvalue weighted by molar-refractivity contribution is -0.176. The first kappa shape index (κ1) is 20.7. The molecule has 3 atom stereocenters. The summed E-state index contributed by atoms with van der Waals surface area (Å²) in [5, 5.41) is 0. The molecule has 4 nitrogen and oxygen atoms in total. The third-order valence-corrected chi connectivity index (χ3v) is 5.38. The molecular formula is C22H27IO4. The van der Waals surface area contributed by atoms with E-state index in [0.29, 0.717) is 19.8 Å². The molecule has 27 heavy (non-hydrogen) atoms. The Hall–Kier alpha value is -0.990. The van der Waals surface area contributed by atoms with Gasteiger partial charge in [0, 0.05) is 4.43 Å². The minimum Gasteiger partial charge on any atom is -0.370 e. The van der Waals surface area contributed by atoms with Crippen LogP contribution in [0.4, 0.5) is 0 Å². The molecule has 0 aliphatic carbocycles. The van der Waals surface area contributed by atoms with Gasteiger partial charge in [-0.2, -0.15) is 0 Å². The normalized spacial score (nSPS) is 21.1. The van der Waals surface area contributed by atoms with Gasteiger partial charge in [-0.1, -0.05) is 83.3 Å². The fraction of sp³-hybridized carbons (Fsp3) is 0.455. The van der Waals surface area contributed by atoms with Crippen molar-refractivity contribution in [2.75, 3.05) is 11.0 Å². The fourth-order valence-corrected chi connectivity index (χ4v) is 3.86. The zero-order chi connectivity index (χ0) is 19.1. The number of ether oxygens (including phenoxy) is 4. The zero-order valence-corrected chi connectivity index (χ0v) is 18.0. The van der Waals surface area contributed by atoms with Gasteiger partial charge in [-0.15, -0.1) is 0 Å². The summed E-state index contributed by atoms with van der Waals surface area (Å²) in [6.45, 7) is 5.45. The molecule has 2 aromatic carbocycles. The molecule has 1 saturated heterocycles. The average Bonchev–Trinajstić information content (AvgIpc) is 3.05. The van der Waals surface area contributed by atoms with Crippen LogP contribution >= 0.6 is 22.6 Å². The van der Waals surface area contributed by atoms with Crippen LogP contribution in [0.25, 0.3) is 0 Å². The third-order valence-electron chi connectivity index (χ3n) is 4.51. The molecule has 2 aromatic rings. The van der Waals surface area contributed by atoms with Gasteiger partial charge in [0.05, 0.1) is 25.9 Å². The zero-order valence-electron chi connectivity index (χ0n) is 15.8. The lowest BCUT2D eigenvalue weighted by Gasteiger charge is -2.30. The van der Waals surface area contributed by atoms with Gasteiger partial charge in [-0.3, -0.25) is 0 Å². The second-order valence-electron chi connectivity index (χ2n) is 7.12. The van der Waals surface area contributed by atoms with Crippen molar-refractivity contribution in [3.05, 3.63) is 71.8 Å². The Morgan fingerprint density at radius 1 is 0.963 bits per heavy atom. The molecule has 0 amide bonds. The molecule has 1 aliphatic rings. The number of hydrogen-bond donors (Lipinski definition) is 0. The van der Waals surface area contributed by atoms with Gasteiger partial charge in [0.25, 0.3) is 0 Å². The van der Waals surface area contributed by atoms with E-state index in [-0.39, 0.29) is 18.3 Å². The van der Waals surface area contributed by atoms with E-state index in [0.717, 1.165) is 15.6 Å².